The van der Waals surface area contributed by atoms with Gasteiger partial charge in [-0.25, -0.2) is 0 Å². The number of thiophene rings is 2. The number of hydrogen-bond donors (Lipinski definition) is 0. The molecule has 23 heavy (non-hydrogen) atoms. The molecule has 0 saturated heterocycles. The lowest BCUT2D eigenvalue weighted by Crippen LogP contribution is -1.83. The predicted octanol–water partition coefficient (Wildman–Crippen LogP) is 7.63. The van der Waals surface area contributed by atoms with Crippen molar-refractivity contribution in [2.45, 2.75) is 6.92 Å². The number of allylic oxidation sites excluding steroid dienone is 1. The second kappa shape index (κ2) is 6.60. The molecule has 1 aliphatic rings. The van der Waals surface area contributed by atoms with E-state index in [1.807, 2.05) is 34.4 Å². The van der Waals surface area contributed by atoms with Crippen LogP contribution in [0.5, 0.6) is 0 Å². The first-order valence-electron chi connectivity index (χ1n) is 7.49. The summed E-state index contributed by atoms with van der Waals surface area (Å²) in [6.45, 7) is 2.30. The molecule has 1 unspecified atom stereocenters. The molecule has 1 aromatic carbocycles. The van der Waals surface area contributed by atoms with E-state index in [0.717, 1.165) is 4.47 Å². The second-order valence-corrected chi connectivity index (χ2v) is 9.63. The van der Waals surface area contributed by atoms with E-state index in [9.17, 15) is 0 Å². The summed E-state index contributed by atoms with van der Waals surface area (Å²) in [4.78, 5) is 5.55. The van der Waals surface area contributed by atoms with Crippen molar-refractivity contribution in [3.8, 4) is 20.2 Å². The number of hydrogen-bond acceptors (Lipinski definition) is 3. The maximum Gasteiger partial charge on any atom is 0.0455 e. The van der Waals surface area contributed by atoms with E-state index in [-0.39, 0.29) is 0 Å². The molecule has 3 heterocycles. The smallest absolute Gasteiger partial charge is 0.0455 e. The SMILES string of the molecule is CC1C=C(c2cc(-c3cccs3)sc2-c2ccc(Br)cc2)SC1. The highest BCUT2D eigenvalue weighted by molar-refractivity contribution is 9.10. The van der Waals surface area contributed by atoms with Crippen molar-refractivity contribution < 1.29 is 0 Å². The van der Waals surface area contributed by atoms with Crippen LogP contribution in [0.3, 0.4) is 0 Å². The van der Waals surface area contributed by atoms with Crippen LogP contribution in [0.4, 0.5) is 0 Å². The quantitative estimate of drug-likeness (QED) is 0.421. The van der Waals surface area contributed by atoms with E-state index in [1.165, 1.54) is 36.4 Å². The molecule has 0 aliphatic carbocycles. The fraction of sp³-hybridized carbons (Fsp3) is 0.158. The topological polar surface area (TPSA) is 0 Å². The highest BCUT2D eigenvalue weighted by Gasteiger charge is 2.20. The third kappa shape index (κ3) is 3.22. The van der Waals surface area contributed by atoms with Crippen LogP contribution in [0, 0.1) is 5.92 Å². The zero-order valence-corrected chi connectivity index (χ0v) is 16.6. The molecule has 0 N–H and O–H groups in total. The Balaban J connectivity index is 1.85. The monoisotopic (exact) mass is 418 g/mol. The first-order valence-corrected chi connectivity index (χ1v) is 11.0. The van der Waals surface area contributed by atoms with Crippen LogP contribution in [0.25, 0.3) is 25.1 Å². The van der Waals surface area contributed by atoms with E-state index in [0.29, 0.717) is 5.92 Å². The third-order valence-corrected chi connectivity index (χ3v) is 7.94. The van der Waals surface area contributed by atoms with Gasteiger partial charge in [-0.05, 0) is 41.1 Å². The molecule has 2 aromatic heterocycles. The maximum absolute atomic E-state index is 3.54. The van der Waals surface area contributed by atoms with Gasteiger partial charge in [0.25, 0.3) is 0 Å². The van der Waals surface area contributed by atoms with Crippen LogP contribution in [0.1, 0.15) is 12.5 Å². The van der Waals surface area contributed by atoms with E-state index >= 15 is 0 Å². The van der Waals surface area contributed by atoms with Crippen molar-refractivity contribution >= 4 is 55.3 Å². The second-order valence-electron chi connectivity index (χ2n) is 5.66. The van der Waals surface area contributed by atoms with Gasteiger partial charge < -0.3 is 0 Å². The summed E-state index contributed by atoms with van der Waals surface area (Å²) < 4.78 is 1.13. The lowest BCUT2D eigenvalue weighted by molar-refractivity contribution is 0.862. The molecule has 0 saturated carbocycles. The standard InChI is InChI=1S/C19H15BrS3/c1-12-9-17(22-11-12)15-10-18(16-3-2-8-21-16)23-19(15)13-4-6-14(20)7-5-13/h2-10,12H,11H2,1H3. The summed E-state index contributed by atoms with van der Waals surface area (Å²) in [5, 5.41) is 2.15. The number of benzene rings is 1. The Morgan fingerprint density at radius 1 is 1.09 bits per heavy atom. The number of thioether (sulfide) groups is 1. The molecule has 0 amide bonds. The molecule has 1 aliphatic heterocycles. The summed E-state index contributed by atoms with van der Waals surface area (Å²) in [5.74, 6) is 1.86. The van der Waals surface area contributed by atoms with E-state index < -0.39 is 0 Å². The third-order valence-electron chi connectivity index (χ3n) is 3.81. The lowest BCUT2D eigenvalue weighted by Gasteiger charge is -2.04. The largest absolute Gasteiger partial charge is 0.143 e. The van der Waals surface area contributed by atoms with Gasteiger partial charge in [0.2, 0.25) is 0 Å². The molecule has 0 bridgehead atoms. The molecule has 0 spiro atoms. The first kappa shape index (κ1) is 15.7. The van der Waals surface area contributed by atoms with Gasteiger partial charge in [-0.15, -0.1) is 34.4 Å². The minimum atomic E-state index is 0.665. The zero-order chi connectivity index (χ0) is 15.8. The molecule has 4 heteroatoms. The molecular weight excluding hydrogens is 404 g/mol. The molecule has 116 valence electrons. The van der Waals surface area contributed by atoms with Crippen LogP contribution in [0.2, 0.25) is 0 Å². The zero-order valence-electron chi connectivity index (χ0n) is 12.6. The van der Waals surface area contributed by atoms with Crippen LogP contribution in [-0.2, 0) is 0 Å². The van der Waals surface area contributed by atoms with Crippen LogP contribution < -0.4 is 0 Å². The van der Waals surface area contributed by atoms with Crippen molar-refractivity contribution in [1.82, 2.24) is 0 Å². The van der Waals surface area contributed by atoms with E-state index in [2.05, 4.69) is 76.8 Å². The summed E-state index contributed by atoms with van der Waals surface area (Å²) in [7, 11) is 0. The van der Waals surface area contributed by atoms with Gasteiger partial charge in [0.1, 0.15) is 0 Å². The highest BCUT2D eigenvalue weighted by atomic mass is 79.9. The van der Waals surface area contributed by atoms with Gasteiger partial charge >= 0.3 is 0 Å². The first-order chi connectivity index (χ1) is 11.2. The Morgan fingerprint density at radius 2 is 1.91 bits per heavy atom. The summed E-state index contributed by atoms with van der Waals surface area (Å²) in [6, 6.07) is 15.4. The van der Waals surface area contributed by atoms with Gasteiger partial charge in [0.15, 0.2) is 0 Å². The normalized spacial score (nSPS) is 17.5. The van der Waals surface area contributed by atoms with Gasteiger partial charge in [0, 0.05) is 35.3 Å². The fourth-order valence-corrected chi connectivity index (χ4v) is 6.19. The Labute approximate surface area is 157 Å². The Kier molecular flexibility index (Phi) is 4.50. The lowest BCUT2D eigenvalue weighted by atomic mass is 10.1. The fourth-order valence-electron chi connectivity index (χ4n) is 2.67. The number of halogens is 1. The molecular formula is C19H15BrS3. The van der Waals surface area contributed by atoms with Crippen LogP contribution in [0.15, 0.2) is 58.4 Å². The minimum Gasteiger partial charge on any atom is -0.143 e. The van der Waals surface area contributed by atoms with Crippen molar-refractivity contribution in [1.29, 1.82) is 0 Å². The van der Waals surface area contributed by atoms with Gasteiger partial charge in [-0.2, -0.15) is 0 Å². The average Bonchev–Trinajstić information content (AvgIpc) is 3.27. The summed E-state index contributed by atoms with van der Waals surface area (Å²) in [5.41, 5.74) is 2.70. The van der Waals surface area contributed by atoms with E-state index in [4.69, 9.17) is 0 Å². The molecule has 3 aromatic rings. The van der Waals surface area contributed by atoms with Crippen molar-refractivity contribution in [2.24, 2.45) is 5.92 Å². The van der Waals surface area contributed by atoms with E-state index in [1.54, 1.807) is 0 Å². The Bertz CT molecular complexity index is 841. The van der Waals surface area contributed by atoms with Crippen molar-refractivity contribution in [3.63, 3.8) is 0 Å². The van der Waals surface area contributed by atoms with Gasteiger partial charge in [-0.1, -0.05) is 47.1 Å². The van der Waals surface area contributed by atoms with Crippen molar-refractivity contribution in [3.05, 3.63) is 64.0 Å². The molecule has 0 fully saturated rings. The molecule has 0 radical (unpaired) electrons. The predicted molar refractivity (Wildman–Crippen MR) is 110 cm³/mol. The Hall–Kier alpha value is -0.810. The molecule has 0 nitrogen and oxygen atoms in total. The van der Waals surface area contributed by atoms with Crippen LogP contribution >= 0.6 is 50.4 Å². The summed E-state index contributed by atoms with van der Waals surface area (Å²) >= 11 is 9.25. The van der Waals surface area contributed by atoms with Crippen molar-refractivity contribution in [2.75, 3.05) is 5.75 Å². The minimum absolute atomic E-state index is 0.665. The maximum atomic E-state index is 3.54. The summed E-state index contributed by atoms with van der Waals surface area (Å²) in [6.07, 6.45) is 2.42. The average molecular weight is 419 g/mol. The van der Waals surface area contributed by atoms with Crippen LogP contribution in [-0.4, -0.2) is 5.75 Å². The highest BCUT2D eigenvalue weighted by Crippen LogP contribution is 2.47. The molecule has 1 atom stereocenters. The van der Waals surface area contributed by atoms with Gasteiger partial charge in [-0.3, -0.25) is 0 Å². The Morgan fingerprint density at radius 3 is 2.57 bits per heavy atom. The molecule has 4 rings (SSSR count). The number of rotatable bonds is 3. The van der Waals surface area contributed by atoms with Gasteiger partial charge in [0.05, 0.1) is 0 Å².